The average molecular weight is 339 g/mol. The fourth-order valence-corrected chi connectivity index (χ4v) is 3.58. The van der Waals surface area contributed by atoms with Crippen LogP contribution >= 0.6 is 15.9 Å². The molecule has 1 heterocycles. The molecule has 1 atom stereocenters. The van der Waals surface area contributed by atoms with Crippen LogP contribution in [0.4, 0.5) is 0 Å². The highest BCUT2D eigenvalue weighted by Crippen LogP contribution is 2.37. The quantitative estimate of drug-likeness (QED) is 0.606. The third-order valence-electron chi connectivity index (χ3n) is 4.07. The maximum atomic E-state index is 5.18. The van der Waals surface area contributed by atoms with Crippen LogP contribution in [0, 0.1) is 0 Å². The molecule has 20 heavy (non-hydrogen) atoms. The van der Waals surface area contributed by atoms with Crippen LogP contribution in [0.15, 0.2) is 12.3 Å². The second-order valence-corrected chi connectivity index (χ2v) is 6.86. The van der Waals surface area contributed by atoms with Gasteiger partial charge in [0.05, 0.1) is 4.83 Å². The third-order valence-corrected chi connectivity index (χ3v) is 4.88. The zero-order valence-electron chi connectivity index (χ0n) is 12.1. The predicted octanol–water partition coefficient (Wildman–Crippen LogP) is 3.63. The lowest BCUT2D eigenvalue weighted by Gasteiger charge is -2.17. The minimum Gasteiger partial charge on any atom is -0.385 e. The molecule has 2 aliphatic rings. The van der Waals surface area contributed by atoms with Gasteiger partial charge in [-0.25, -0.2) is 0 Å². The van der Waals surface area contributed by atoms with Gasteiger partial charge in [0.2, 0.25) is 0 Å². The number of methoxy groups -OCH3 is 1. The molecule has 1 saturated carbocycles. The van der Waals surface area contributed by atoms with E-state index in [-0.39, 0.29) is 0 Å². The molecular formula is C16H23BrN2O. The molecule has 2 aliphatic carbocycles. The summed E-state index contributed by atoms with van der Waals surface area (Å²) in [5.41, 5.74) is 4.30. The highest BCUT2D eigenvalue weighted by molar-refractivity contribution is 9.09. The predicted molar refractivity (Wildman–Crippen MR) is 86.1 cm³/mol. The van der Waals surface area contributed by atoms with E-state index in [1.54, 1.807) is 7.11 Å². The molecular weight excluding hydrogens is 316 g/mol. The fourth-order valence-electron chi connectivity index (χ4n) is 2.85. The van der Waals surface area contributed by atoms with E-state index in [0.29, 0.717) is 4.83 Å². The molecule has 3 nitrogen and oxygen atoms in total. The normalized spacial score (nSPS) is 21.2. The molecule has 1 N–H and O–H groups in total. The second-order valence-electron chi connectivity index (χ2n) is 5.75. The molecule has 1 unspecified atom stereocenters. The molecule has 0 radical (unpaired) electrons. The van der Waals surface area contributed by atoms with E-state index >= 15 is 0 Å². The number of hydrogen-bond acceptors (Lipinski definition) is 2. The number of aromatic nitrogens is 1. The Labute approximate surface area is 129 Å². The van der Waals surface area contributed by atoms with Crippen molar-refractivity contribution in [1.82, 2.24) is 9.88 Å². The molecule has 1 aromatic heterocycles. The lowest BCUT2D eigenvalue weighted by molar-refractivity contribution is 0.190. The van der Waals surface area contributed by atoms with Gasteiger partial charge in [-0.1, -0.05) is 28.1 Å². The zero-order valence-corrected chi connectivity index (χ0v) is 13.7. The average Bonchev–Trinajstić information content (AvgIpc) is 3.20. The van der Waals surface area contributed by atoms with Crippen LogP contribution in [-0.2, 0) is 17.8 Å². The van der Waals surface area contributed by atoms with Gasteiger partial charge >= 0.3 is 0 Å². The highest BCUT2D eigenvalue weighted by atomic mass is 79.9. The Balaban J connectivity index is 1.78. The van der Waals surface area contributed by atoms with Crippen LogP contribution < -0.4 is 5.32 Å². The van der Waals surface area contributed by atoms with Gasteiger partial charge in [-0.05, 0) is 31.2 Å². The molecule has 0 aromatic carbocycles. The van der Waals surface area contributed by atoms with Crippen molar-refractivity contribution in [3.63, 3.8) is 0 Å². The van der Waals surface area contributed by atoms with Gasteiger partial charge in [0.25, 0.3) is 0 Å². The van der Waals surface area contributed by atoms with Crippen molar-refractivity contribution in [2.45, 2.75) is 49.6 Å². The molecule has 110 valence electrons. The summed E-state index contributed by atoms with van der Waals surface area (Å²) in [6.45, 7) is 2.86. The lowest BCUT2D eigenvalue weighted by atomic mass is 10.0. The molecule has 1 fully saturated rings. The van der Waals surface area contributed by atoms with Gasteiger partial charge in [0.1, 0.15) is 0 Å². The van der Waals surface area contributed by atoms with Gasteiger partial charge < -0.3 is 14.6 Å². The summed E-state index contributed by atoms with van der Waals surface area (Å²) in [7, 11) is 1.77. The number of aryl methyl sites for hydroxylation is 1. The Hall–Kier alpha value is -0.580. The van der Waals surface area contributed by atoms with Crippen LogP contribution in [0.5, 0.6) is 0 Å². The van der Waals surface area contributed by atoms with E-state index in [1.165, 1.54) is 29.7 Å². The van der Waals surface area contributed by atoms with E-state index in [0.717, 1.165) is 38.6 Å². The van der Waals surface area contributed by atoms with Gasteiger partial charge in [0.15, 0.2) is 0 Å². The number of rotatable bonds is 7. The molecule has 0 bridgehead atoms. The highest BCUT2D eigenvalue weighted by Gasteiger charge is 2.24. The summed E-state index contributed by atoms with van der Waals surface area (Å²) in [5.74, 6) is 0. The van der Waals surface area contributed by atoms with Crippen molar-refractivity contribution in [2.75, 3.05) is 13.7 Å². The van der Waals surface area contributed by atoms with E-state index in [2.05, 4.69) is 44.2 Å². The van der Waals surface area contributed by atoms with Gasteiger partial charge in [-0.15, -0.1) is 0 Å². The zero-order chi connectivity index (χ0) is 13.9. The Morgan fingerprint density at radius 2 is 2.30 bits per heavy atom. The number of nitrogens with one attached hydrogen (secondary N) is 1. The monoisotopic (exact) mass is 338 g/mol. The van der Waals surface area contributed by atoms with Crippen molar-refractivity contribution in [2.24, 2.45) is 0 Å². The fraction of sp³-hybridized carbons (Fsp3) is 0.625. The molecule has 0 amide bonds. The van der Waals surface area contributed by atoms with E-state index in [4.69, 9.17) is 4.74 Å². The summed E-state index contributed by atoms with van der Waals surface area (Å²) in [4.78, 5) is 0.444. The number of fused-ring (bicyclic) bond motifs is 1. The number of nitrogens with zero attached hydrogens (tertiary/aromatic N) is 1. The van der Waals surface area contributed by atoms with E-state index < -0.39 is 0 Å². The third kappa shape index (κ3) is 3.18. The number of allylic oxidation sites excluding steroid dienone is 1. The Morgan fingerprint density at radius 1 is 1.45 bits per heavy atom. The Kier molecular flexibility index (Phi) is 4.64. The summed E-state index contributed by atoms with van der Waals surface area (Å²) in [5, 5.41) is 3.63. The topological polar surface area (TPSA) is 26.2 Å². The van der Waals surface area contributed by atoms with Gasteiger partial charge in [-0.3, -0.25) is 0 Å². The van der Waals surface area contributed by atoms with Crippen LogP contribution in [0.2, 0.25) is 0 Å². The van der Waals surface area contributed by atoms with Crippen LogP contribution in [0.3, 0.4) is 0 Å². The van der Waals surface area contributed by atoms with Crippen molar-refractivity contribution >= 4 is 22.0 Å². The summed E-state index contributed by atoms with van der Waals surface area (Å²) >= 11 is 3.83. The second kappa shape index (κ2) is 6.46. The summed E-state index contributed by atoms with van der Waals surface area (Å²) in [6.07, 6.45) is 11.7. The minimum absolute atomic E-state index is 0.444. The largest absolute Gasteiger partial charge is 0.385 e. The first-order valence-corrected chi connectivity index (χ1v) is 8.46. The first kappa shape index (κ1) is 14.4. The number of alkyl halides is 1. The minimum atomic E-state index is 0.444. The molecule has 0 saturated heterocycles. The van der Waals surface area contributed by atoms with Crippen molar-refractivity contribution in [3.05, 3.63) is 29.1 Å². The SMILES string of the molecule is COCCCn1cc(CNC2CC2)c2c1C(Br)CC=C2. The van der Waals surface area contributed by atoms with Crippen LogP contribution in [0.25, 0.3) is 6.08 Å². The van der Waals surface area contributed by atoms with Crippen molar-refractivity contribution < 1.29 is 4.74 Å². The Bertz CT molecular complexity index is 491. The van der Waals surface area contributed by atoms with Crippen LogP contribution in [0.1, 0.15) is 47.3 Å². The molecule has 1 aromatic rings. The number of hydrogen-bond donors (Lipinski definition) is 1. The van der Waals surface area contributed by atoms with Crippen molar-refractivity contribution in [1.29, 1.82) is 0 Å². The molecule has 0 aliphatic heterocycles. The smallest absolute Gasteiger partial charge is 0.0588 e. The molecule has 0 spiro atoms. The van der Waals surface area contributed by atoms with Crippen LogP contribution in [-0.4, -0.2) is 24.3 Å². The van der Waals surface area contributed by atoms with Crippen molar-refractivity contribution in [3.8, 4) is 0 Å². The maximum absolute atomic E-state index is 5.18. The van der Waals surface area contributed by atoms with Gasteiger partial charge in [0, 0.05) is 50.3 Å². The van der Waals surface area contributed by atoms with E-state index in [9.17, 15) is 0 Å². The lowest BCUT2D eigenvalue weighted by Crippen LogP contribution is -2.15. The summed E-state index contributed by atoms with van der Waals surface area (Å²) < 4.78 is 7.59. The van der Waals surface area contributed by atoms with Gasteiger partial charge in [-0.2, -0.15) is 0 Å². The first-order valence-electron chi connectivity index (χ1n) is 7.54. The first-order chi connectivity index (χ1) is 9.79. The Morgan fingerprint density at radius 3 is 3.05 bits per heavy atom. The summed E-state index contributed by atoms with van der Waals surface area (Å²) in [6, 6.07) is 0.759. The number of halogens is 1. The van der Waals surface area contributed by atoms with E-state index in [1.807, 2.05) is 0 Å². The number of ether oxygens (including phenoxy) is 1. The standard InChI is InChI=1S/C16H23BrN2O/c1-20-9-3-8-19-11-12(10-18-13-6-7-13)14-4-2-5-15(17)16(14)19/h2,4,11,13,15,18H,3,5-10H2,1H3. The molecule has 4 heteroatoms. The maximum Gasteiger partial charge on any atom is 0.0588 e. The molecule has 3 rings (SSSR count).